The van der Waals surface area contributed by atoms with E-state index >= 15 is 0 Å². The Morgan fingerprint density at radius 3 is 2.46 bits per heavy atom. The van der Waals surface area contributed by atoms with Crippen molar-refractivity contribution in [3.05, 3.63) is 59.4 Å². The van der Waals surface area contributed by atoms with E-state index in [2.05, 4.69) is 43.2 Å². The quantitative estimate of drug-likeness (QED) is 0.616. The lowest BCUT2D eigenvalue weighted by atomic mass is 9.86. The van der Waals surface area contributed by atoms with Crippen LogP contribution in [0.15, 0.2) is 42.6 Å². The summed E-state index contributed by atoms with van der Waals surface area (Å²) in [5.41, 5.74) is 3.28. The zero-order valence-electron chi connectivity index (χ0n) is 17.1. The first-order chi connectivity index (χ1) is 13.4. The van der Waals surface area contributed by atoms with E-state index in [4.69, 9.17) is 4.74 Å². The molecule has 0 spiro atoms. The summed E-state index contributed by atoms with van der Waals surface area (Å²) in [6.45, 7) is 7.26. The van der Waals surface area contributed by atoms with E-state index in [-0.39, 0.29) is 18.0 Å². The molecule has 2 rings (SSSR count). The molecule has 28 heavy (non-hydrogen) atoms. The van der Waals surface area contributed by atoms with Gasteiger partial charge < -0.3 is 10.1 Å². The lowest BCUT2D eigenvalue weighted by Crippen LogP contribution is -2.27. The molecule has 0 atom stereocenters. The summed E-state index contributed by atoms with van der Waals surface area (Å²) in [5.74, 6) is 0.696. The van der Waals surface area contributed by atoms with Crippen LogP contribution in [0.3, 0.4) is 0 Å². The van der Waals surface area contributed by atoms with Gasteiger partial charge in [-0.1, -0.05) is 45.0 Å². The molecule has 4 nitrogen and oxygen atoms in total. The number of carbonyl (C=O) groups excluding carboxylic acids is 1. The Bertz CT molecular complexity index is 722. The smallest absolute Gasteiger partial charge is 0.224 e. The molecular formula is C23H31FN2O2. The fourth-order valence-electron chi connectivity index (χ4n) is 2.73. The van der Waals surface area contributed by atoms with Gasteiger partial charge in [-0.2, -0.15) is 0 Å². The predicted octanol–water partition coefficient (Wildman–Crippen LogP) is 4.41. The summed E-state index contributed by atoms with van der Waals surface area (Å²) >= 11 is 0. The van der Waals surface area contributed by atoms with Gasteiger partial charge in [0.2, 0.25) is 5.91 Å². The number of nitrogens with one attached hydrogen (secondary N) is 1. The van der Waals surface area contributed by atoms with Crippen molar-refractivity contribution in [2.75, 3.05) is 19.8 Å². The summed E-state index contributed by atoms with van der Waals surface area (Å²) < 4.78 is 17.5. The summed E-state index contributed by atoms with van der Waals surface area (Å²) in [7, 11) is 0. The lowest BCUT2D eigenvalue weighted by molar-refractivity contribution is -0.120. The van der Waals surface area contributed by atoms with Crippen LogP contribution in [0.5, 0.6) is 5.75 Å². The highest BCUT2D eigenvalue weighted by atomic mass is 19.1. The third-order valence-corrected chi connectivity index (χ3v) is 4.48. The molecule has 0 saturated heterocycles. The fraction of sp³-hybridized carbons (Fsp3) is 0.478. The number of hydrogen-bond donors (Lipinski definition) is 1. The second-order valence-electron chi connectivity index (χ2n) is 7.95. The van der Waals surface area contributed by atoms with Gasteiger partial charge in [-0.3, -0.25) is 14.2 Å². The van der Waals surface area contributed by atoms with Gasteiger partial charge in [-0.05, 0) is 41.5 Å². The molecule has 1 heterocycles. The molecule has 5 heteroatoms. The highest BCUT2D eigenvalue weighted by Crippen LogP contribution is 2.22. The van der Waals surface area contributed by atoms with Crippen LogP contribution in [-0.4, -0.2) is 30.7 Å². The molecule has 0 saturated carbocycles. The Hall–Kier alpha value is -2.43. The number of alkyl halides is 1. The number of rotatable bonds is 10. The Balaban J connectivity index is 1.70. The predicted molar refractivity (Wildman–Crippen MR) is 111 cm³/mol. The van der Waals surface area contributed by atoms with E-state index in [1.807, 2.05) is 24.3 Å². The maximum atomic E-state index is 12.1. The number of carbonyl (C=O) groups is 1. The van der Waals surface area contributed by atoms with E-state index in [1.54, 1.807) is 6.20 Å². The minimum atomic E-state index is -0.311. The normalized spacial score (nSPS) is 11.3. The number of unbranched alkanes of at least 4 members (excludes halogenated alkanes) is 1. The molecule has 0 unspecified atom stereocenters. The third-order valence-electron chi connectivity index (χ3n) is 4.48. The van der Waals surface area contributed by atoms with Gasteiger partial charge >= 0.3 is 0 Å². The largest absolute Gasteiger partial charge is 0.492 e. The molecule has 1 N–H and O–H groups in total. The highest BCUT2D eigenvalue weighted by molar-refractivity contribution is 5.78. The highest BCUT2D eigenvalue weighted by Gasteiger charge is 2.13. The first-order valence-electron chi connectivity index (χ1n) is 9.88. The lowest BCUT2D eigenvalue weighted by Gasteiger charge is -2.19. The van der Waals surface area contributed by atoms with Gasteiger partial charge in [0.1, 0.15) is 5.75 Å². The van der Waals surface area contributed by atoms with Crippen LogP contribution in [0.25, 0.3) is 0 Å². The average molecular weight is 387 g/mol. The molecule has 0 aliphatic heterocycles. The Kier molecular flexibility index (Phi) is 8.42. The molecule has 152 valence electrons. The average Bonchev–Trinajstić information content (AvgIpc) is 2.66. The SMILES string of the molecule is CC(C)(C)c1ccc(CC(=O)NCCc2ccc(OCCCCF)cn2)cc1. The molecule has 0 bridgehead atoms. The van der Waals surface area contributed by atoms with Crippen LogP contribution in [0.2, 0.25) is 0 Å². The molecule has 0 aliphatic rings. The number of halogens is 1. The minimum Gasteiger partial charge on any atom is -0.492 e. The monoisotopic (exact) mass is 386 g/mol. The van der Waals surface area contributed by atoms with Crippen molar-refractivity contribution in [3.63, 3.8) is 0 Å². The van der Waals surface area contributed by atoms with E-state index in [1.165, 1.54) is 5.56 Å². The van der Waals surface area contributed by atoms with E-state index in [0.717, 1.165) is 11.3 Å². The number of pyridine rings is 1. The second-order valence-corrected chi connectivity index (χ2v) is 7.95. The molecule has 1 aromatic carbocycles. The summed E-state index contributed by atoms with van der Waals surface area (Å²) in [5, 5.41) is 2.94. The van der Waals surface area contributed by atoms with Crippen molar-refractivity contribution >= 4 is 5.91 Å². The fourth-order valence-corrected chi connectivity index (χ4v) is 2.73. The molecule has 1 aromatic heterocycles. The number of hydrogen-bond acceptors (Lipinski definition) is 3. The molecule has 2 aromatic rings. The Morgan fingerprint density at radius 2 is 1.86 bits per heavy atom. The maximum absolute atomic E-state index is 12.1. The first-order valence-corrected chi connectivity index (χ1v) is 9.88. The molecular weight excluding hydrogens is 355 g/mol. The van der Waals surface area contributed by atoms with Gasteiger partial charge in [-0.15, -0.1) is 0 Å². The van der Waals surface area contributed by atoms with Crippen molar-refractivity contribution in [3.8, 4) is 5.75 Å². The van der Waals surface area contributed by atoms with Crippen LogP contribution < -0.4 is 10.1 Å². The van der Waals surface area contributed by atoms with Crippen molar-refractivity contribution in [2.24, 2.45) is 0 Å². The minimum absolute atomic E-state index is 0.0105. The van der Waals surface area contributed by atoms with Gasteiger partial charge in [0, 0.05) is 18.7 Å². The van der Waals surface area contributed by atoms with Crippen LogP contribution in [0, 0.1) is 0 Å². The van der Waals surface area contributed by atoms with Crippen molar-refractivity contribution in [1.82, 2.24) is 10.3 Å². The number of ether oxygens (including phenoxy) is 1. The van der Waals surface area contributed by atoms with Crippen LogP contribution in [0.1, 0.15) is 50.4 Å². The number of aromatic nitrogens is 1. The van der Waals surface area contributed by atoms with E-state index < -0.39 is 0 Å². The van der Waals surface area contributed by atoms with E-state index in [9.17, 15) is 9.18 Å². The van der Waals surface area contributed by atoms with Crippen LogP contribution in [-0.2, 0) is 23.1 Å². The van der Waals surface area contributed by atoms with Crippen LogP contribution in [0.4, 0.5) is 4.39 Å². The summed E-state index contributed by atoms with van der Waals surface area (Å²) in [4.78, 5) is 16.5. The van der Waals surface area contributed by atoms with Gasteiger partial charge in [0.25, 0.3) is 0 Å². The van der Waals surface area contributed by atoms with Gasteiger partial charge in [-0.25, -0.2) is 0 Å². The molecule has 0 radical (unpaired) electrons. The first kappa shape index (κ1) is 21.9. The topological polar surface area (TPSA) is 51.2 Å². The van der Waals surface area contributed by atoms with E-state index in [0.29, 0.717) is 44.6 Å². The van der Waals surface area contributed by atoms with Crippen molar-refractivity contribution in [1.29, 1.82) is 0 Å². The van der Waals surface area contributed by atoms with Gasteiger partial charge in [0.15, 0.2) is 0 Å². The Morgan fingerprint density at radius 1 is 1.11 bits per heavy atom. The second kappa shape index (κ2) is 10.8. The Labute approximate surface area is 167 Å². The summed E-state index contributed by atoms with van der Waals surface area (Å²) in [6, 6.07) is 12.0. The number of nitrogens with zero attached hydrogens (tertiary/aromatic N) is 1. The zero-order chi connectivity index (χ0) is 20.4. The molecule has 0 aliphatic carbocycles. The maximum Gasteiger partial charge on any atom is 0.224 e. The van der Waals surface area contributed by atoms with Gasteiger partial charge in [0.05, 0.1) is 25.9 Å². The third kappa shape index (κ3) is 7.67. The number of amides is 1. The van der Waals surface area contributed by atoms with Crippen molar-refractivity contribution in [2.45, 2.75) is 51.9 Å². The van der Waals surface area contributed by atoms with Crippen molar-refractivity contribution < 1.29 is 13.9 Å². The van der Waals surface area contributed by atoms with Crippen LogP contribution >= 0.6 is 0 Å². The summed E-state index contributed by atoms with van der Waals surface area (Å²) in [6.07, 6.45) is 3.93. The zero-order valence-corrected chi connectivity index (χ0v) is 17.1. The standard InChI is InChI=1S/C23H31FN2O2/c1-23(2,3)19-8-6-18(7-9-19)16-22(27)25-14-12-20-10-11-21(17-26-20)28-15-5-4-13-24/h6-11,17H,4-5,12-16H2,1-3H3,(H,25,27). The molecule has 1 amide bonds. The number of benzene rings is 1. The molecule has 0 fully saturated rings.